The quantitative estimate of drug-likeness (QED) is 0.471. The van der Waals surface area contributed by atoms with E-state index in [1.165, 1.54) is 0 Å². The van der Waals surface area contributed by atoms with Crippen molar-refractivity contribution in [2.75, 3.05) is 34.2 Å². The van der Waals surface area contributed by atoms with Gasteiger partial charge in [0.05, 0.1) is 39.1 Å². The Morgan fingerprint density at radius 1 is 1.11 bits per heavy atom. The second-order valence-electron chi connectivity index (χ2n) is 5.22. The van der Waals surface area contributed by atoms with Gasteiger partial charge in [0.2, 0.25) is 10.0 Å². The van der Waals surface area contributed by atoms with Gasteiger partial charge in [-0.25, -0.2) is 13.1 Å². The van der Waals surface area contributed by atoms with Crippen molar-refractivity contribution in [1.29, 1.82) is 0 Å². The van der Waals surface area contributed by atoms with Crippen LogP contribution in [-0.2, 0) is 10.0 Å². The van der Waals surface area contributed by atoms with E-state index in [2.05, 4.69) is 4.72 Å². The van der Waals surface area contributed by atoms with Crippen LogP contribution in [-0.4, -0.2) is 47.1 Å². The Balaban J connectivity index is 0.00000289. The van der Waals surface area contributed by atoms with Gasteiger partial charge in [0.15, 0.2) is 0 Å². The molecule has 1 N–H and O–H groups in total. The van der Waals surface area contributed by atoms with E-state index in [0.717, 1.165) is 16.6 Å². The normalized spacial score (nSPS) is 12.0. The highest BCUT2D eigenvalue weighted by Gasteiger charge is 2.15. The number of benzene rings is 1. The minimum atomic E-state index is -3.36. The minimum absolute atomic E-state index is 0. The molecule has 0 aliphatic heterocycles. The molecule has 0 atom stereocenters. The van der Waals surface area contributed by atoms with Crippen molar-refractivity contribution in [2.45, 2.75) is 11.8 Å². The summed E-state index contributed by atoms with van der Waals surface area (Å²) in [4.78, 5) is 0.324. The summed E-state index contributed by atoms with van der Waals surface area (Å²) in [6, 6.07) is 6.86. The Morgan fingerprint density at radius 2 is 1.61 bits per heavy atom. The number of nitrogens with zero attached hydrogens (tertiary/aromatic N) is 1. The molecule has 0 bridgehead atoms. The van der Waals surface area contributed by atoms with Gasteiger partial charge in [-0.15, -0.1) is 0 Å². The Hall–Kier alpha value is -0.180. The maximum atomic E-state index is 11.9. The van der Waals surface area contributed by atoms with Crippen LogP contribution in [0.25, 0.3) is 0 Å². The third-order valence-electron chi connectivity index (χ3n) is 2.41. The van der Waals surface area contributed by atoms with Gasteiger partial charge in [0.1, 0.15) is 0 Å². The Kier molecular flexibility index (Phi) is 6.77. The first kappa shape index (κ1) is 17.8. The van der Waals surface area contributed by atoms with Crippen LogP contribution in [0, 0.1) is 6.92 Å². The number of likely N-dealkylation sites (N-methyl/N-ethyl adjacent to an activating group) is 1. The number of hydrogen-bond acceptors (Lipinski definition) is 2. The van der Waals surface area contributed by atoms with Crippen LogP contribution < -0.4 is 28.7 Å². The molecule has 0 amide bonds. The summed E-state index contributed by atoms with van der Waals surface area (Å²) in [5.41, 5.74) is 1.05. The number of nitrogens with one attached hydrogen (secondary N) is 1. The topological polar surface area (TPSA) is 46.2 Å². The largest absolute Gasteiger partial charge is 1.00 e. The van der Waals surface area contributed by atoms with E-state index in [1.54, 1.807) is 24.3 Å². The van der Waals surface area contributed by atoms with Crippen LogP contribution in [0.5, 0.6) is 0 Å². The summed E-state index contributed by atoms with van der Waals surface area (Å²) in [5, 5.41) is 0. The molecule has 6 heteroatoms. The number of sulfonamides is 1. The molecule has 104 valence electrons. The van der Waals surface area contributed by atoms with Crippen molar-refractivity contribution in [3.63, 3.8) is 0 Å². The molecule has 0 radical (unpaired) electrons. The number of quaternary nitrogens is 1. The summed E-state index contributed by atoms with van der Waals surface area (Å²) in [7, 11) is 2.72. The summed E-state index contributed by atoms with van der Waals surface area (Å²) < 4.78 is 27.2. The van der Waals surface area contributed by atoms with Crippen molar-refractivity contribution >= 4 is 10.0 Å². The third-order valence-corrected chi connectivity index (χ3v) is 3.88. The van der Waals surface area contributed by atoms with E-state index in [4.69, 9.17) is 0 Å². The highest BCUT2D eigenvalue weighted by Crippen LogP contribution is 2.09. The maximum Gasteiger partial charge on any atom is 0.240 e. The average Bonchev–Trinajstić information content (AvgIpc) is 2.15. The van der Waals surface area contributed by atoms with Crippen molar-refractivity contribution in [3.8, 4) is 0 Å². The van der Waals surface area contributed by atoms with E-state index < -0.39 is 10.0 Å². The van der Waals surface area contributed by atoms with E-state index in [0.29, 0.717) is 11.4 Å². The molecule has 0 aromatic heterocycles. The summed E-state index contributed by atoms with van der Waals surface area (Å²) in [6.07, 6.45) is 0. The van der Waals surface area contributed by atoms with Gasteiger partial charge in [0.25, 0.3) is 0 Å². The SMILES string of the molecule is Cc1ccc(S(=O)(=O)NCC[N+](C)(C)C)cc1.[I-]. The first-order chi connectivity index (χ1) is 7.71. The summed E-state index contributed by atoms with van der Waals surface area (Å²) in [5.74, 6) is 0. The van der Waals surface area contributed by atoms with Crippen LogP contribution in [0.15, 0.2) is 29.2 Å². The lowest BCUT2D eigenvalue weighted by atomic mass is 10.2. The molecule has 0 heterocycles. The van der Waals surface area contributed by atoms with E-state index in [-0.39, 0.29) is 24.0 Å². The monoisotopic (exact) mass is 384 g/mol. The molecule has 0 saturated heterocycles. The molecule has 0 saturated carbocycles. The van der Waals surface area contributed by atoms with Crippen LogP contribution in [0.4, 0.5) is 0 Å². The minimum Gasteiger partial charge on any atom is -1.00 e. The van der Waals surface area contributed by atoms with Gasteiger partial charge in [-0.1, -0.05) is 17.7 Å². The summed E-state index contributed by atoms with van der Waals surface area (Å²) >= 11 is 0. The lowest BCUT2D eigenvalue weighted by Gasteiger charge is -2.23. The Labute approximate surface area is 127 Å². The van der Waals surface area contributed by atoms with Crippen molar-refractivity contribution in [3.05, 3.63) is 29.8 Å². The number of aryl methyl sites for hydroxylation is 1. The lowest BCUT2D eigenvalue weighted by molar-refractivity contribution is -0.869. The lowest BCUT2D eigenvalue weighted by Crippen LogP contribution is -3.00. The van der Waals surface area contributed by atoms with Crippen LogP contribution >= 0.6 is 0 Å². The maximum absolute atomic E-state index is 11.9. The van der Waals surface area contributed by atoms with Gasteiger partial charge in [0, 0.05) is 0 Å². The van der Waals surface area contributed by atoms with Gasteiger partial charge in [-0.3, -0.25) is 0 Å². The second-order valence-corrected chi connectivity index (χ2v) is 6.99. The second kappa shape index (κ2) is 6.83. The molecule has 4 nitrogen and oxygen atoms in total. The van der Waals surface area contributed by atoms with Gasteiger partial charge in [-0.05, 0) is 19.1 Å². The predicted molar refractivity (Wildman–Crippen MR) is 69.3 cm³/mol. The van der Waals surface area contributed by atoms with E-state index in [9.17, 15) is 8.42 Å². The molecule has 1 rings (SSSR count). The fourth-order valence-corrected chi connectivity index (χ4v) is 2.34. The molecule has 1 aromatic rings. The van der Waals surface area contributed by atoms with Crippen LogP contribution in [0.3, 0.4) is 0 Å². The molecule has 18 heavy (non-hydrogen) atoms. The highest BCUT2D eigenvalue weighted by molar-refractivity contribution is 7.89. The molecule has 1 aromatic carbocycles. The number of halogens is 1. The van der Waals surface area contributed by atoms with Crippen molar-refractivity contribution < 1.29 is 36.9 Å². The zero-order valence-electron chi connectivity index (χ0n) is 11.3. The molecular weight excluding hydrogens is 363 g/mol. The average molecular weight is 384 g/mol. The summed E-state index contributed by atoms with van der Waals surface area (Å²) in [6.45, 7) is 3.13. The first-order valence-corrected chi connectivity index (χ1v) is 7.06. The van der Waals surface area contributed by atoms with Gasteiger partial charge >= 0.3 is 0 Å². The van der Waals surface area contributed by atoms with Gasteiger partial charge in [-0.2, -0.15) is 0 Å². The van der Waals surface area contributed by atoms with Crippen LogP contribution in [0.2, 0.25) is 0 Å². The molecule has 0 fully saturated rings. The molecule has 0 spiro atoms. The third kappa shape index (κ3) is 6.12. The van der Waals surface area contributed by atoms with Crippen molar-refractivity contribution in [1.82, 2.24) is 4.72 Å². The van der Waals surface area contributed by atoms with E-state index >= 15 is 0 Å². The van der Waals surface area contributed by atoms with Crippen LogP contribution in [0.1, 0.15) is 5.56 Å². The predicted octanol–water partition coefficient (Wildman–Crippen LogP) is -2.02. The fraction of sp³-hybridized carbons (Fsp3) is 0.500. The first-order valence-electron chi connectivity index (χ1n) is 5.57. The molecular formula is C12H21IN2O2S. The Bertz CT molecular complexity index is 464. The Morgan fingerprint density at radius 3 is 2.06 bits per heavy atom. The molecule has 0 aliphatic rings. The van der Waals surface area contributed by atoms with Crippen molar-refractivity contribution in [2.24, 2.45) is 0 Å². The number of hydrogen-bond donors (Lipinski definition) is 1. The molecule has 0 unspecified atom stereocenters. The highest BCUT2D eigenvalue weighted by atomic mass is 127. The van der Waals surface area contributed by atoms with Gasteiger partial charge < -0.3 is 28.5 Å². The number of rotatable bonds is 5. The zero-order chi connectivity index (χ0) is 13.1. The zero-order valence-corrected chi connectivity index (χ0v) is 14.2. The molecule has 0 aliphatic carbocycles. The fourth-order valence-electron chi connectivity index (χ4n) is 1.32. The smallest absolute Gasteiger partial charge is 0.240 e. The van der Waals surface area contributed by atoms with E-state index in [1.807, 2.05) is 28.1 Å². The standard InChI is InChI=1S/C12H21N2O2S.HI/c1-11-5-7-12(8-6-11)17(15,16)13-9-10-14(2,3)4;/h5-8,13H,9-10H2,1-4H3;1H/q+1;/p-1.